The number of aromatic nitrogens is 2. The molecule has 4 nitrogen and oxygen atoms in total. The standard InChI is InChI=1S/C23H30N4S/c1-15-8-6-7-9-19(15)25-21-18(14-24)20(26-22(27-21)28-5)16-10-12-17(13-11-16)23(2,3)4/h10-13,15,19H,6-9H2,1-5H3,(H,25,26,27). The van der Waals surface area contributed by atoms with E-state index in [1.54, 1.807) is 0 Å². The minimum atomic E-state index is 0.0938. The maximum atomic E-state index is 9.93. The number of thioether (sulfide) groups is 1. The van der Waals surface area contributed by atoms with Gasteiger partial charge in [0.15, 0.2) is 5.16 Å². The van der Waals surface area contributed by atoms with Crippen LogP contribution in [-0.4, -0.2) is 22.3 Å². The molecule has 1 aliphatic carbocycles. The van der Waals surface area contributed by atoms with Gasteiger partial charge in [0.25, 0.3) is 0 Å². The number of nitrogens with zero attached hydrogens (tertiary/aromatic N) is 3. The minimum Gasteiger partial charge on any atom is -0.366 e. The van der Waals surface area contributed by atoms with Crippen LogP contribution in [0, 0.1) is 17.2 Å². The van der Waals surface area contributed by atoms with E-state index in [4.69, 9.17) is 0 Å². The molecule has 0 spiro atoms. The molecule has 1 aromatic heterocycles. The number of anilines is 1. The fraction of sp³-hybridized carbons (Fsp3) is 0.522. The average molecular weight is 395 g/mol. The fourth-order valence-corrected chi connectivity index (χ4v) is 4.15. The molecule has 5 heteroatoms. The quantitative estimate of drug-likeness (QED) is 0.507. The largest absolute Gasteiger partial charge is 0.366 e. The first kappa shape index (κ1) is 20.7. The van der Waals surface area contributed by atoms with E-state index in [1.165, 1.54) is 36.6 Å². The first-order valence-corrected chi connectivity index (χ1v) is 11.3. The van der Waals surface area contributed by atoms with Crippen LogP contribution in [0.2, 0.25) is 0 Å². The molecule has 1 N–H and O–H groups in total. The highest BCUT2D eigenvalue weighted by Crippen LogP contribution is 2.33. The number of nitrogens with one attached hydrogen (secondary N) is 1. The van der Waals surface area contributed by atoms with Gasteiger partial charge in [-0.2, -0.15) is 5.26 Å². The lowest BCUT2D eigenvalue weighted by Crippen LogP contribution is -2.31. The Hall–Kier alpha value is -2.06. The molecule has 1 aliphatic rings. The Morgan fingerprint density at radius 3 is 2.36 bits per heavy atom. The summed E-state index contributed by atoms with van der Waals surface area (Å²) >= 11 is 1.51. The van der Waals surface area contributed by atoms with Crippen molar-refractivity contribution < 1.29 is 0 Å². The van der Waals surface area contributed by atoms with E-state index in [1.807, 2.05) is 6.26 Å². The van der Waals surface area contributed by atoms with E-state index in [-0.39, 0.29) is 5.41 Å². The molecule has 1 heterocycles. The van der Waals surface area contributed by atoms with Crippen LogP contribution in [0.25, 0.3) is 11.3 Å². The summed E-state index contributed by atoms with van der Waals surface area (Å²) in [7, 11) is 0. The summed E-state index contributed by atoms with van der Waals surface area (Å²) in [6.07, 6.45) is 6.84. The molecule has 3 rings (SSSR count). The summed E-state index contributed by atoms with van der Waals surface area (Å²) in [4.78, 5) is 9.34. The smallest absolute Gasteiger partial charge is 0.189 e. The molecule has 28 heavy (non-hydrogen) atoms. The molecule has 0 aliphatic heterocycles. The Labute approximate surface area is 173 Å². The molecule has 148 valence electrons. The van der Waals surface area contributed by atoms with E-state index in [2.05, 4.69) is 73.3 Å². The molecule has 0 bridgehead atoms. The van der Waals surface area contributed by atoms with Gasteiger partial charge in [-0.05, 0) is 36.0 Å². The van der Waals surface area contributed by atoms with Gasteiger partial charge in [0.2, 0.25) is 0 Å². The maximum absolute atomic E-state index is 9.93. The van der Waals surface area contributed by atoms with Crippen molar-refractivity contribution in [1.29, 1.82) is 5.26 Å². The number of nitriles is 1. The second kappa shape index (κ2) is 8.53. The van der Waals surface area contributed by atoms with Crippen molar-refractivity contribution in [2.75, 3.05) is 11.6 Å². The zero-order chi connectivity index (χ0) is 20.3. The lowest BCUT2D eigenvalue weighted by Gasteiger charge is -2.30. The molecule has 1 fully saturated rings. The second-order valence-corrected chi connectivity index (χ2v) is 9.51. The Kier molecular flexibility index (Phi) is 6.30. The van der Waals surface area contributed by atoms with Gasteiger partial charge in [0.05, 0.1) is 5.69 Å². The number of hydrogen-bond acceptors (Lipinski definition) is 5. The number of hydrogen-bond donors (Lipinski definition) is 1. The summed E-state index contributed by atoms with van der Waals surface area (Å²) in [5.74, 6) is 1.26. The third-order valence-electron chi connectivity index (χ3n) is 5.64. The van der Waals surface area contributed by atoms with Crippen LogP contribution in [0.3, 0.4) is 0 Å². The second-order valence-electron chi connectivity index (χ2n) is 8.73. The lowest BCUT2D eigenvalue weighted by atomic mass is 9.85. The summed E-state index contributed by atoms with van der Waals surface area (Å²) in [5, 5.41) is 14.2. The van der Waals surface area contributed by atoms with Gasteiger partial charge in [-0.1, -0.05) is 76.6 Å². The number of benzene rings is 1. The third-order valence-corrected chi connectivity index (χ3v) is 6.19. The molecule has 1 saturated carbocycles. The third kappa shape index (κ3) is 4.50. The molecule has 2 unspecified atom stereocenters. The SMILES string of the molecule is CSc1nc(NC2CCCCC2C)c(C#N)c(-c2ccc(C(C)(C)C)cc2)n1. The maximum Gasteiger partial charge on any atom is 0.189 e. The highest BCUT2D eigenvalue weighted by Gasteiger charge is 2.24. The van der Waals surface area contributed by atoms with Gasteiger partial charge >= 0.3 is 0 Å². The predicted molar refractivity (Wildman–Crippen MR) is 118 cm³/mol. The number of rotatable bonds is 4. The predicted octanol–water partition coefficient (Wildman–Crippen LogP) is 6.03. The highest BCUT2D eigenvalue weighted by molar-refractivity contribution is 7.98. The molecular weight excluding hydrogens is 364 g/mol. The van der Waals surface area contributed by atoms with Crippen LogP contribution in [-0.2, 0) is 5.41 Å². The van der Waals surface area contributed by atoms with Crippen LogP contribution in [0.5, 0.6) is 0 Å². The molecule has 2 atom stereocenters. The summed E-state index contributed by atoms with van der Waals surface area (Å²) in [6, 6.07) is 11.1. The van der Waals surface area contributed by atoms with Crippen molar-refractivity contribution in [2.45, 2.75) is 70.0 Å². The van der Waals surface area contributed by atoms with E-state index >= 15 is 0 Å². The van der Waals surface area contributed by atoms with Crippen molar-refractivity contribution >= 4 is 17.6 Å². The zero-order valence-electron chi connectivity index (χ0n) is 17.5. The zero-order valence-corrected chi connectivity index (χ0v) is 18.4. The van der Waals surface area contributed by atoms with Crippen molar-refractivity contribution in [3.63, 3.8) is 0 Å². The van der Waals surface area contributed by atoms with Crippen molar-refractivity contribution in [2.24, 2.45) is 5.92 Å². The van der Waals surface area contributed by atoms with Gasteiger partial charge in [0.1, 0.15) is 17.5 Å². The van der Waals surface area contributed by atoms with Gasteiger partial charge in [-0.3, -0.25) is 0 Å². The fourth-order valence-electron chi connectivity index (χ4n) is 3.79. The van der Waals surface area contributed by atoms with E-state index in [0.29, 0.717) is 34.2 Å². The molecule has 0 saturated heterocycles. The van der Waals surface area contributed by atoms with Crippen molar-refractivity contribution in [1.82, 2.24) is 9.97 Å². The summed E-state index contributed by atoms with van der Waals surface area (Å²) in [6.45, 7) is 8.89. The highest BCUT2D eigenvalue weighted by atomic mass is 32.2. The minimum absolute atomic E-state index is 0.0938. The van der Waals surface area contributed by atoms with E-state index < -0.39 is 0 Å². The monoisotopic (exact) mass is 394 g/mol. The molecule has 0 radical (unpaired) electrons. The molecular formula is C23H30N4S. The van der Waals surface area contributed by atoms with Gasteiger partial charge in [0, 0.05) is 11.6 Å². The van der Waals surface area contributed by atoms with Crippen LogP contribution in [0.1, 0.15) is 64.5 Å². The molecule has 0 amide bonds. The lowest BCUT2D eigenvalue weighted by molar-refractivity contribution is 0.349. The molecule has 2 aromatic rings. The summed E-state index contributed by atoms with van der Waals surface area (Å²) < 4.78 is 0. The van der Waals surface area contributed by atoms with E-state index in [0.717, 1.165) is 12.0 Å². The Morgan fingerprint density at radius 2 is 1.79 bits per heavy atom. The Balaban J connectivity index is 2.02. The van der Waals surface area contributed by atoms with Gasteiger partial charge in [-0.25, -0.2) is 9.97 Å². The first-order valence-electron chi connectivity index (χ1n) is 10.1. The van der Waals surface area contributed by atoms with Crippen molar-refractivity contribution in [3.8, 4) is 17.3 Å². The van der Waals surface area contributed by atoms with Crippen molar-refractivity contribution in [3.05, 3.63) is 35.4 Å². The topological polar surface area (TPSA) is 61.6 Å². The Bertz CT molecular complexity index is 862. The molecule has 1 aromatic carbocycles. The van der Waals surface area contributed by atoms with E-state index in [9.17, 15) is 5.26 Å². The van der Waals surface area contributed by atoms with Crippen LogP contribution >= 0.6 is 11.8 Å². The van der Waals surface area contributed by atoms with Gasteiger partial charge in [-0.15, -0.1) is 0 Å². The summed E-state index contributed by atoms with van der Waals surface area (Å²) in [5.41, 5.74) is 3.58. The average Bonchev–Trinajstić information content (AvgIpc) is 2.68. The Morgan fingerprint density at radius 1 is 1.11 bits per heavy atom. The normalized spacial score (nSPS) is 19.9. The first-order chi connectivity index (χ1) is 13.3. The van der Waals surface area contributed by atoms with Gasteiger partial charge < -0.3 is 5.32 Å². The van der Waals surface area contributed by atoms with Crippen LogP contribution in [0.4, 0.5) is 5.82 Å². The van der Waals surface area contributed by atoms with Crippen LogP contribution < -0.4 is 5.32 Å². The van der Waals surface area contributed by atoms with Crippen LogP contribution in [0.15, 0.2) is 29.4 Å².